The van der Waals surface area contributed by atoms with E-state index in [9.17, 15) is 4.79 Å². The molecule has 176 valence electrons. The first-order chi connectivity index (χ1) is 14.6. The summed E-state index contributed by atoms with van der Waals surface area (Å²) >= 11 is 0. The molecule has 0 saturated heterocycles. The van der Waals surface area contributed by atoms with Gasteiger partial charge in [0.15, 0.2) is 0 Å². The standard InChI is InChI=1S/C26H50N2O2/c1-5-7-8-9-10-11-12-16-19-25-30-26(29)20-17-14-13-15-18-22-28(21-6-2)24-23-27(3)4/h6,16,19H,2,5,7-15,17-18,20-25H2,1,3-4H3/b19-16+. The summed E-state index contributed by atoms with van der Waals surface area (Å²) in [6.45, 7) is 10.8. The number of nitrogens with zero attached hydrogens (tertiary/aromatic N) is 2. The van der Waals surface area contributed by atoms with E-state index in [4.69, 9.17) is 4.74 Å². The maximum Gasteiger partial charge on any atom is 0.306 e. The molecule has 0 aliphatic rings. The molecular weight excluding hydrogens is 372 g/mol. The molecular formula is C26H50N2O2. The molecule has 0 atom stereocenters. The van der Waals surface area contributed by atoms with Crippen LogP contribution in [0.25, 0.3) is 0 Å². The van der Waals surface area contributed by atoms with E-state index in [1.807, 2.05) is 12.2 Å². The highest BCUT2D eigenvalue weighted by Gasteiger charge is 2.04. The summed E-state index contributed by atoms with van der Waals surface area (Å²) in [6, 6.07) is 0. The van der Waals surface area contributed by atoms with Crippen LogP contribution in [-0.2, 0) is 9.53 Å². The van der Waals surface area contributed by atoms with Gasteiger partial charge >= 0.3 is 5.97 Å². The van der Waals surface area contributed by atoms with Crippen LogP contribution >= 0.6 is 0 Å². The third-order valence-corrected chi connectivity index (χ3v) is 5.34. The van der Waals surface area contributed by atoms with Gasteiger partial charge in [0.05, 0.1) is 0 Å². The maximum absolute atomic E-state index is 11.8. The molecule has 0 aromatic rings. The normalized spacial score (nSPS) is 11.6. The smallest absolute Gasteiger partial charge is 0.306 e. The number of rotatable bonds is 22. The molecule has 30 heavy (non-hydrogen) atoms. The molecule has 0 aliphatic heterocycles. The van der Waals surface area contributed by atoms with Crippen molar-refractivity contribution < 1.29 is 9.53 Å². The summed E-state index contributed by atoms with van der Waals surface area (Å²) in [5.74, 6) is -0.0555. The Morgan fingerprint density at radius 3 is 2.20 bits per heavy atom. The molecule has 0 heterocycles. The largest absolute Gasteiger partial charge is 0.461 e. The minimum atomic E-state index is -0.0555. The number of unbranched alkanes of at least 4 members (excludes halogenated alkanes) is 10. The zero-order chi connectivity index (χ0) is 22.3. The second-order valence-electron chi connectivity index (χ2n) is 8.62. The Balaban J connectivity index is 3.49. The summed E-state index contributed by atoms with van der Waals surface area (Å²) in [7, 11) is 4.23. The van der Waals surface area contributed by atoms with Gasteiger partial charge in [0, 0.05) is 26.1 Å². The van der Waals surface area contributed by atoms with Crippen molar-refractivity contribution in [1.29, 1.82) is 0 Å². The summed E-state index contributed by atoms with van der Waals surface area (Å²) in [5, 5.41) is 0. The van der Waals surface area contributed by atoms with E-state index in [1.165, 1.54) is 57.8 Å². The highest BCUT2D eigenvalue weighted by molar-refractivity contribution is 5.69. The molecule has 4 heteroatoms. The lowest BCUT2D eigenvalue weighted by Crippen LogP contribution is -2.32. The summed E-state index contributed by atoms with van der Waals surface area (Å²) in [5.41, 5.74) is 0. The van der Waals surface area contributed by atoms with Crippen molar-refractivity contribution in [2.24, 2.45) is 0 Å². The minimum Gasteiger partial charge on any atom is -0.461 e. The quantitative estimate of drug-likeness (QED) is 0.118. The topological polar surface area (TPSA) is 32.8 Å². The van der Waals surface area contributed by atoms with Crippen LogP contribution in [0.5, 0.6) is 0 Å². The predicted octanol–water partition coefficient (Wildman–Crippen LogP) is 6.23. The molecule has 0 amide bonds. The second kappa shape index (κ2) is 22.6. The third kappa shape index (κ3) is 21.6. The van der Waals surface area contributed by atoms with Crippen molar-refractivity contribution in [2.75, 3.05) is 46.9 Å². The Hall–Kier alpha value is -1.13. The molecule has 0 aromatic carbocycles. The number of carbonyl (C=O) groups excluding carboxylic acids is 1. The van der Waals surface area contributed by atoms with Gasteiger partial charge in [-0.05, 0) is 46.3 Å². The molecule has 0 aromatic heterocycles. The van der Waals surface area contributed by atoms with Crippen LogP contribution < -0.4 is 0 Å². The van der Waals surface area contributed by atoms with Crippen molar-refractivity contribution >= 4 is 5.97 Å². The SMILES string of the molecule is C=CCN(CCCCCCCC(=O)OC/C=C/CCCCCCCC)CCN(C)C. The van der Waals surface area contributed by atoms with Gasteiger partial charge in [-0.3, -0.25) is 9.69 Å². The molecule has 0 saturated carbocycles. The Morgan fingerprint density at radius 2 is 1.50 bits per heavy atom. The first-order valence-electron chi connectivity index (χ1n) is 12.4. The highest BCUT2D eigenvalue weighted by atomic mass is 16.5. The monoisotopic (exact) mass is 422 g/mol. The van der Waals surface area contributed by atoms with Gasteiger partial charge in [0.25, 0.3) is 0 Å². The first kappa shape index (κ1) is 28.9. The maximum atomic E-state index is 11.8. The van der Waals surface area contributed by atoms with Crippen molar-refractivity contribution in [2.45, 2.75) is 90.4 Å². The molecule has 0 fully saturated rings. The predicted molar refractivity (Wildman–Crippen MR) is 131 cm³/mol. The molecule has 0 radical (unpaired) electrons. The van der Waals surface area contributed by atoms with Crippen molar-refractivity contribution in [1.82, 2.24) is 9.80 Å². The van der Waals surface area contributed by atoms with Crippen molar-refractivity contribution in [3.05, 3.63) is 24.8 Å². The van der Waals surface area contributed by atoms with Gasteiger partial charge in [0.1, 0.15) is 6.61 Å². The van der Waals surface area contributed by atoms with Crippen LogP contribution in [-0.4, -0.2) is 62.7 Å². The van der Waals surface area contributed by atoms with Gasteiger partial charge < -0.3 is 9.64 Å². The fourth-order valence-electron chi connectivity index (χ4n) is 3.40. The third-order valence-electron chi connectivity index (χ3n) is 5.34. The number of hydrogen-bond acceptors (Lipinski definition) is 4. The summed E-state index contributed by atoms with van der Waals surface area (Å²) in [4.78, 5) is 16.5. The van der Waals surface area contributed by atoms with Crippen LogP contribution in [0.2, 0.25) is 0 Å². The lowest BCUT2D eigenvalue weighted by Gasteiger charge is -2.22. The van der Waals surface area contributed by atoms with E-state index in [1.54, 1.807) is 0 Å². The molecule has 0 unspecified atom stereocenters. The zero-order valence-corrected chi connectivity index (χ0v) is 20.4. The number of hydrogen-bond donors (Lipinski definition) is 0. The first-order valence-corrected chi connectivity index (χ1v) is 12.4. The van der Waals surface area contributed by atoms with Gasteiger partial charge in [-0.1, -0.05) is 76.5 Å². The Kier molecular flexibility index (Phi) is 21.7. The zero-order valence-electron chi connectivity index (χ0n) is 20.4. The molecule has 0 aliphatic carbocycles. The van der Waals surface area contributed by atoms with Gasteiger partial charge in [-0.15, -0.1) is 6.58 Å². The van der Waals surface area contributed by atoms with Gasteiger partial charge in [0.2, 0.25) is 0 Å². The van der Waals surface area contributed by atoms with Crippen LogP contribution in [0.3, 0.4) is 0 Å². The summed E-state index contributed by atoms with van der Waals surface area (Å²) < 4.78 is 5.29. The number of esters is 1. The van der Waals surface area contributed by atoms with Crippen LogP contribution in [0.15, 0.2) is 24.8 Å². The average Bonchev–Trinajstić information content (AvgIpc) is 2.72. The van der Waals surface area contributed by atoms with Crippen molar-refractivity contribution in [3.8, 4) is 0 Å². The Labute approximate surface area is 187 Å². The fourth-order valence-corrected chi connectivity index (χ4v) is 3.40. The Bertz CT molecular complexity index is 421. The molecule has 4 nitrogen and oxygen atoms in total. The number of carbonyl (C=O) groups is 1. The average molecular weight is 423 g/mol. The number of allylic oxidation sites excluding steroid dienone is 1. The second-order valence-corrected chi connectivity index (χ2v) is 8.62. The lowest BCUT2D eigenvalue weighted by atomic mass is 10.1. The molecule has 0 bridgehead atoms. The highest BCUT2D eigenvalue weighted by Crippen LogP contribution is 2.08. The van der Waals surface area contributed by atoms with E-state index in [2.05, 4.69) is 43.5 Å². The van der Waals surface area contributed by atoms with Crippen LogP contribution in [0, 0.1) is 0 Å². The molecule has 0 N–H and O–H groups in total. The molecule has 0 rings (SSSR count). The van der Waals surface area contributed by atoms with E-state index in [0.29, 0.717) is 13.0 Å². The van der Waals surface area contributed by atoms with E-state index < -0.39 is 0 Å². The number of ether oxygens (including phenoxy) is 1. The van der Waals surface area contributed by atoms with E-state index in [-0.39, 0.29) is 5.97 Å². The lowest BCUT2D eigenvalue weighted by molar-refractivity contribution is -0.142. The number of likely N-dealkylation sites (N-methyl/N-ethyl adjacent to an activating group) is 1. The van der Waals surface area contributed by atoms with Gasteiger partial charge in [-0.25, -0.2) is 0 Å². The minimum absolute atomic E-state index is 0.0555. The van der Waals surface area contributed by atoms with Crippen LogP contribution in [0.1, 0.15) is 90.4 Å². The van der Waals surface area contributed by atoms with E-state index in [0.717, 1.165) is 45.4 Å². The fraction of sp³-hybridized carbons (Fsp3) is 0.808. The summed E-state index contributed by atoms with van der Waals surface area (Å²) in [6.07, 6.45) is 21.4. The Morgan fingerprint density at radius 1 is 0.833 bits per heavy atom. The van der Waals surface area contributed by atoms with Crippen LogP contribution in [0.4, 0.5) is 0 Å². The van der Waals surface area contributed by atoms with Crippen molar-refractivity contribution in [3.63, 3.8) is 0 Å². The molecule has 0 spiro atoms. The van der Waals surface area contributed by atoms with E-state index >= 15 is 0 Å². The van der Waals surface area contributed by atoms with Gasteiger partial charge in [-0.2, -0.15) is 0 Å².